The van der Waals surface area contributed by atoms with Gasteiger partial charge in [-0.3, -0.25) is 9.69 Å². The van der Waals surface area contributed by atoms with Crippen LogP contribution in [-0.2, 0) is 4.79 Å². The zero-order valence-corrected chi connectivity index (χ0v) is 16.9. The molecule has 2 aliphatic rings. The van der Waals surface area contributed by atoms with Crippen molar-refractivity contribution in [2.24, 2.45) is 4.99 Å². The maximum absolute atomic E-state index is 13.5. The third-order valence-electron chi connectivity index (χ3n) is 4.99. The Morgan fingerprint density at radius 2 is 1.93 bits per heavy atom. The summed E-state index contributed by atoms with van der Waals surface area (Å²) >= 11 is 5.89. The van der Waals surface area contributed by atoms with Gasteiger partial charge in [0.05, 0.1) is 28.5 Å². The Balaban J connectivity index is 1.96. The Morgan fingerprint density at radius 1 is 1.21 bits per heavy atom. The number of benzene rings is 2. The zero-order chi connectivity index (χ0) is 20.2. The molecule has 6 heteroatoms. The van der Waals surface area contributed by atoms with Gasteiger partial charge >= 0.3 is 0 Å². The Kier molecular flexibility index (Phi) is 4.31. The van der Waals surface area contributed by atoms with Crippen LogP contribution in [0.4, 0.5) is 15.8 Å². The maximum Gasteiger partial charge on any atom is 0.278 e. The first-order valence-corrected chi connectivity index (χ1v) is 9.50. The van der Waals surface area contributed by atoms with Crippen LogP contribution in [0.25, 0.3) is 5.57 Å². The number of carbonyl (C=O) groups is 1. The number of ether oxygens (including phenoxy) is 1. The number of rotatable bonds is 3. The molecule has 0 unspecified atom stereocenters. The van der Waals surface area contributed by atoms with Crippen molar-refractivity contribution < 1.29 is 13.9 Å². The summed E-state index contributed by atoms with van der Waals surface area (Å²) in [6, 6.07) is 7.97. The van der Waals surface area contributed by atoms with Gasteiger partial charge in [0.1, 0.15) is 17.3 Å². The van der Waals surface area contributed by atoms with E-state index in [1.807, 2.05) is 39.8 Å². The minimum atomic E-state index is -0.523. The van der Waals surface area contributed by atoms with Crippen molar-refractivity contribution in [1.29, 1.82) is 0 Å². The standard InChI is InChI=1S/C22H20ClFN2O2/c1-5-28-14-9-15-12(2)11-22(3,4)26-20(15)16(10-14)19(21(26)27)25-13-6-7-18(24)17(23)8-13/h6-11H,5H2,1-4H3. The molecule has 2 aliphatic heterocycles. The Labute approximate surface area is 168 Å². The third-order valence-corrected chi connectivity index (χ3v) is 5.28. The summed E-state index contributed by atoms with van der Waals surface area (Å²) in [7, 11) is 0. The second-order valence-corrected chi connectivity index (χ2v) is 7.89. The minimum Gasteiger partial charge on any atom is -0.494 e. The van der Waals surface area contributed by atoms with E-state index in [2.05, 4.69) is 11.1 Å². The molecule has 4 rings (SSSR count). The lowest BCUT2D eigenvalue weighted by atomic mass is 9.89. The molecule has 2 aromatic rings. The van der Waals surface area contributed by atoms with Crippen LogP contribution in [0.1, 0.15) is 38.8 Å². The molecule has 0 spiro atoms. The van der Waals surface area contributed by atoms with Crippen LogP contribution in [-0.4, -0.2) is 23.8 Å². The highest BCUT2D eigenvalue weighted by Crippen LogP contribution is 2.47. The van der Waals surface area contributed by atoms with E-state index in [1.54, 1.807) is 4.90 Å². The van der Waals surface area contributed by atoms with Crippen molar-refractivity contribution in [2.45, 2.75) is 33.2 Å². The summed E-state index contributed by atoms with van der Waals surface area (Å²) in [5.41, 5.74) is 3.82. The van der Waals surface area contributed by atoms with E-state index < -0.39 is 11.4 Å². The quantitative estimate of drug-likeness (QED) is 0.681. The molecule has 2 aromatic carbocycles. The fourth-order valence-electron chi connectivity index (χ4n) is 3.92. The highest BCUT2D eigenvalue weighted by Gasteiger charge is 2.45. The number of carbonyl (C=O) groups excluding carboxylic acids is 1. The van der Waals surface area contributed by atoms with Gasteiger partial charge in [-0.15, -0.1) is 0 Å². The van der Waals surface area contributed by atoms with Crippen molar-refractivity contribution in [2.75, 3.05) is 11.5 Å². The van der Waals surface area contributed by atoms with Gasteiger partial charge in [-0.2, -0.15) is 0 Å². The third kappa shape index (κ3) is 2.81. The summed E-state index contributed by atoms with van der Waals surface area (Å²) in [6.07, 6.45) is 2.07. The van der Waals surface area contributed by atoms with Gasteiger partial charge in [0, 0.05) is 11.1 Å². The fraction of sp³-hybridized carbons (Fsp3) is 0.273. The monoisotopic (exact) mass is 398 g/mol. The van der Waals surface area contributed by atoms with E-state index in [0.717, 1.165) is 16.8 Å². The molecule has 0 aromatic heterocycles. The summed E-state index contributed by atoms with van der Waals surface area (Å²) in [4.78, 5) is 19.7. The van der Waals surface area contributed by atoms with Gasteiger partial charge in [0.15, 0.2) is 0 Å². The molecule has 28 heavy (non-hydrogen) atoms. The van der Waals surface area contributed by atoms with Crippen LogP contribution >= 0.6 is 11.6 Å². The molecular formula is C22H20ClFN2O2. The Morgan fingerprint density at radius 3 is 2.61 bits per heavy atom. The molecular weight excluding hydrogens is 379 g/mol. The molecule has 0 atom stereocenters. The van der Waals surface area contributed by atoms with Gasteiger partial charge in [-0.05, 0) is 63.6 Å². The van der Waals surface area contributed by atoms with Crippen LogP contribution in [0.2, 0.25) is 5.02 Å². The highest BCUT2D eigenvalue weighted by atomic mass is 35.5. The first kappa shape index (κ1) is 18.7. The van der Waals surface area contributed by atoms with Crippen molar-refractivity contribution in [3.05, 3.63) is 58.4 Å². The van der Waals surface area contributed by atoms with E-state index in [1.165, 1.54) is 18.2 Å². The Bertz CT molecular complexity index is 1070. The van der Waals surface area contributed by atoms with E-state index in [-0.39, 0.29) is 10.9 Å². The molecule has 0 fully saturated rings. The first-order chi connectivity index (χ1) is 13.2. The van der Waals surface area contributed by atoms with E-state index in [4.69, 9.17) is 16.3 Å². The molecule has 0 N–H and O–H groups in total. The number of allylic oxidation sites excluding steroid dienone is 1. The molecule has 0 saturated heterocycles. The normalized spacial score (nSPS) is 18.4. The number of hydrogen-bond donors (Lipinski definition) is 0. The molecule has 2 heterocycles. The average molecular weight is 399 g/mol. The molecule has 1 amide bonds. The summed E-state index contributed by atoms with van der Waals surface area (Å²) in [6.45, 7) is 8.45. The molecule has 0 aliphatic carbocycles. The molecule has 0 bridgehead atoms. The predicted octanol–water partition coefficient (Wildman–Crippen LogP) is 5.54. The van der Waals surface area contributed by atoms with Crippen LogP contribution in [0.5, 0.6) is 5.75 Å². The molecule has 4 nitrogen and oxygen atoms in total. The largest absolute Gasteiger partial charge is 0.494 e. The van der Waals surface area contributed by atoms with Gasteiger partial charge in [-0.25, -0.2) is 9.38 Å². The Hall–Kier alpha value is -2.66. The minimum absolute atomic E-state index is 0.0321. The van der Waals surface area contributed by atoms with Crippen molar-refractivity contribution >= 4 is 40.2 Å². The van der Waals surface area contributed by atoms with Crippen LogP contribution in [0.15, 0.2) is 41.4 Å². The number of nitrogens with zero attached hydrogens (tertiary/aromatic N) is 2. The predicted molar refractivity (Wildman–Crippen MR) is 110 cm³/mol. The molecule has 144 valence electrons. The van der Waals surface area contributed by atoms with Gasteiger partial charge in [0.25, 0.3) is 5.91 Å². The number of anilines is 1. The smallest absolute Gasteiger partial charge is 0.278 e. The van der Waals surface area contributed by atoms with Crippen LogP contribution < -0.4 is 9.64 Å². The van der Waals surface area contributed by atoms with Gasteiger partial charge in [-0.1, -0.05) is 17.7 Å². The van der Waals surface area contributed by atoms with Gasteiger partial charge in [0.2, 0.25) is 0 Å². The highest BCUT2D eigenvalue weighted by molar-refractivity contribution is 6.55. The summed E-state index contributed by atoms with van der Waals surface area (Å²) < 4.78 is 19.2. The average Bonchev–Trinajstić information content (AvgIpc) is 2.89. The number of halogens is 2. The van der Waals surface area contributed by atoms with Gasteiger partial charge < -0.3 is 4.74 Å². The number of aliphatic imine (C=N–C) groups is 1. The van der Waals surface area contributed by atoms with Crippen molar-refractivity contribution in [1.82, 2.24) is 0 Å². The zero-order valence-electron chi connectivity index (χ0n) is 16.1. The maximum atomic E-state index is 13.5. The lowest BCUT2D eigenvalue weighted by molar-refractivity contribution is -0.112. The van der Waals surface area contributed by atoms with E-state index >= 15 is 0 Å². The van der Waals surface area contributed by atoms with Crippen LogP contribution in [0.3, 0.4) is 0 Å². The van der Waals surface area contributed by atoms with Crippen LogP contribution in [0, 0.1) is 5.82 Å². The topological polar surface area (TPSA) is 41.9 Å². The summed E-state index contributed by atoms with van der Waals surface area (Å²) in [5, 5.41) is -0.0321. The second kappa shape index (κ2) is 6.45. The number of amides is 1. The molecule has 0 saturated carbocycles. The summed E-state index contributed by atoms with van der Waals surface area (Å²) in [5.74, 6) is -0.0347. The lowest BCUT2D eigenvalue weighted by Gasteiger charge is -2.38. The lowest BCUT2D eigenvalue weighted by Crippen LogP contribution is -2.47. The van der Waals surface area contributed by atoms with E-state index in [9.17, 15) is 9.18 Å². The SMILES string of the molecule is CCOc1cc2c3c(c1)C(=Nc1ccc(F)c(Cl)c1)C(=O)N3C(C)(C)C=C2C. The van der Waals surface area contributed by atoms with E-state index in [0.29, 0.717) is 29.3 Å². The van der Waals surface area contributed by atoms with Crippen molar-refractivity contribution in [3.63, 3.8) is 0 Å². The second-order valence-electron chi connectivity index (χ2n) is 7.48. The molecule has 0 radical (unpaired) electrons. The fourth-order valence-corrected chi connectivity index (χ4v) is 4.09. The first-order valence-electron chi connectivity index (χ1n) is 9.12. The van der Waals surface area contributed by atoms with Crippen molar-refractivity contribution in [3.8, 4) is 5.75 Å². The number of hydrogen-bond acceptors (Lipinski definition) is 3.